The summed E-state index contributed by atoms with van der Waals surface area (Å²) < 4.78 is 11.6. The quantitative estimate of drug-likeness (QED) is 0.729. The number of ether oxygens (including phenoxy) is 1. The van der Waals surface area contributed by atoms with Crippen LogP contribution in [0, 0.1) is 5.41 Å². The van der Waals surface area contributed by atoms with E-state index in [2.05, 4.69) is 5.32 Å². The second-order valence-corrected chi connectivity index (χ2v) is 10.2. The minimum absolute atomic E-state index is 0.0979. The molecular formula is C26H33N3O5. The zero-order chi connectivity index (χ0) is 24.3. The maximum absolute atomic E-state index is 13.5. The third kappa shape index (κ3) is 5.17. The van der Waals surface area contributed by atoms with Crippen LogP contribution in [0.15, 0.2) is 53.1 Å². The number of likely N-dealkylation sites (tertiary alicyclic amines) is 1. The van der Waals surface area contributed by atoms with Crippen molar-refractivity contribution in [1.29, 1.82) is 0 Å². The Morgan fingerprint density at radius 1 is 1.06 bits per heavy atom. The molecular weight excluding hydrogens is 434 g/mol. The molecule has 1 N–H and O–H groups in total. The number of amides is 3. The van der Waals surface area contributed by atoms with Crippen LogP contribution >= 0.6 is 0 Å². The summed E-state index contributed by atoms with van der Waals surface area (Å²) in [6.45, 7) is 7.52. The molecule has 4 rings (SSSR count). The van der Waals surface area contributed by atoms with E-state index in [4.69, 9.17) is 9.15 Å². The molecule has 182 valence electrons. The van der Waals surface area contributed by atoms with Gasteiger partial charge in [0.15, 0.2) is 5.76 Å². The first-order chi connectivity index (χ1) is 16.2. The third-order valence-corrected chi connectivity index (χ3v) is 6.40. The lowest BCUT2D eigenvalue weighted by Crippen LogP contribution is -2.59. The monoisotopic (exact) mass is 467 g/mol. The molecule has 8 heteroatoms. The molecule has 1 spiro atoms. The lowest BCUT2D eigenvalue weighted by molar-refractivity contribution is -0.145. The number of nitrogens with zero attached hydrogens (tertiary/aromatic N) is 2. The normalized spacial score (nSPS) is 19.9. The van der Waals surface area contributed by atoms with Crippen molar-refractivity contribution < 1.29 is 23.5 Å². The van der Waals surface area contributed by atoms with Gasteiger partial charge in [0, 0.05) is 38.9 Å². The predicted molar refractivity (Wildman–Crippen MR) is 126 cm³/mol. The maximum atomic E-state index is 13.5. The topological polar surface area (TPSA) is 92.1 Å². The summed E-state index contributed by atoms with van der Waals surface area (Å²) in [4.78, 5) is 42.8. The SMILES string of the molecule is CC(C)(C)CC(=O)N1CCC2(CC1)OCC(C(=O)NCc1ccccc1)N2C(=O)c1ccco1. The molecule has 2 saturated heterocycles. The number of piperidine rings is 1. The first-order valence-electron chi connectivity index (χ1n) is 11.8. The second kappa shape index (κ2) is 9.62. The fraction of sp³-hybridized carbons (Fsp3) is 0.500. The molecule has 0 aliphatic carbocycles. The Bertz CT molecular complexity index is 1000. The van der Waals surface area contributed by atoms with Crippen molar-refractivity contribution in [2.75, 3.05) is 19.7 Å². The number of hydrogen-bond donors (Lipinski definition) is 1. The minimum Gasteiger partial charge on any atom is -0.459 e. The Labute approximate surface area is 200 Å². The van der Waals surface area contributed by atoms with Gasteiger partial charge in [-0.05, 0) is 23.1 Å². The van der Waals surface area contributed by atoms with Crippen LogP contribution in [0.25, 0.3) is 0 Å². The number of hydrogen-bond acceptors (Lipinski definition) is 5. The summed E-state index contributed by atoms with van der Waals surface area (Å²) in [5, 5.41) is 2.94. The van der Waals surface area contributed by atoms with Crippen molar-refractivity contribution in [3.05, 3.63) is 60.1 Å². The highest BCUT2D eigenvalue weighted by Gasteiger charge is 2.54. The van der Waals surface area contributed by atoms with Crippen molar-refractivity contribution in [2.24, 2.45) is 5.41 Å². The molecule has 1 aromatic carbocycles. The van der Waals surface area contributed by atoms with E-state index in [1.807, 2.05) is 56.0 Å². The smallest absolute Gasteiger partial charge is 0.292 e. The number of carbonyl (C=O) groups is 3. The molecule has 0 radical (unpaired) electrons. The molecule has 3 amide bonds. The van der Waals surface area contributed by atoms with Gasteiger partial charge in [-0.25, -0.2) is 0 Å². The van der Waals surface area contributed by atoms with Gasteiger partial charge in [0.2, 0.25) is 11.8 Å². The number of nitrogens with one attached hydrogen (secondary N) is 1. The molecule has 0 bridgehead atoms. The summed E-state index contributed by atoms with van der Waals surface area (Å²) >= 11 is 0. The van der Waals surface area contributed by atoms with Gasteiger partial charge in [0.05, 0.1) is 12.9 Å². The molecule has 2 aromatic rings. The summed E-state index contributed by atoms with van der Waals surface area (Å²) in [5.41, 5.74) is -0.0738. The Balaban J connectivity index is 1.50. The molecule has 1 aromatic heterocycles. The Morgan fingerprint density at radius 3 is 2.38 bits per heavy atom. The molecule has 2 aliphatic rings. The number of carbonyl (C=O) groups excluding carboxylic acids is 3. The van der Waals surface area contributed by atoms with Crippen LogP contribution < -0.4 is 5.32 Å². The highest BCUT2D eigenvalue weighted by atomic mass is 16.5. The fourth-order valence-electron chi connectivity index (χ4n) is 4.66. The first-order valence-corrected chi connectivity index (χ1v) is 11.8. The second-order valence-electron chi connectivity index (χ2n) is 10.2. The van der Waals surface area contributed by atoms with Crippen LogP contribution in [-0.4, -0.2) is 59.0 Å². The van der Waals surface area contributed by atoms with Gasteiger partial charge in [-0.3, -0.25) is 19.3 Å². The van der Waals surface area contributed by atoms with Crippen LogP contribution in [0.2, 0.25) is 0 Å². The van der Waals surface area contributed by atoms with Crippen LogP contribution in [0.3, 0.4) is 0 Å². The molecule has 8 nitrogen and oxygen atoms in total. The van der Waals surface area contributed by atoms with E-state index < -0.39 is 11.8 Å². The van der Waals surface area contributed by atoms with Gasteiger partial charge in [-0.15, -0.1) is 0 Å². The lowest BCUT2D eigenvalue weighted by Gasteiger charge is -2.44. The molecule has 34 heavy (non-hydrogen) atoms. The summed E-state index contributed by atoms with van der Waals surface area (Å²) in [6.07, 6.45) is 2.78. The van der Waals surface area contributed by atoms with Gasteiger partial charge >= 0.3 is 0 Å². The van der Waals surface area contributed by atoms with E-state index in [0.29, 0.717) is 38.9 Å². The van der Waals surface area contributed by atoms with Gasteiger partial charge in [-0.1, -0.05) is 51.1 Å². The van der Waals surface area contributed by atoms with Crippen molar-refractivity contribution in [3.63, 3.8) is 0 Å². The van der Waals surface area contributed by atoms with Gasteiger partial charge < -0.3 is 19.4 Å². The van der Waals surface area contributed by atoms with Crippen LogP contribution in [0.5, 0.6) is 0 Å². The molecule has 2 fully saturated rings. The predicted octanol–water partition coefficient (Wildman–Crippen LogP) is 3.19. The van der Waals surface area contributed by atoms with Crippen molar-refractivity contribution in [1.82, 2.24) is 15.1 Å². The molecule has 2 aliphatic heterocycles. The zero-order valence-corrected chi connectivity index (χ0v) is 20.1. The molecule has 1 atom stereocenters. The van der Waals surface area contributed by atoms with Crippen molar-refractivity contribution in [3.8, 4) is 0 Å². The van der Waals surface area contributed by atoms with Gasteiger partial charge in [0.25, 0.3) is 5.91 Å². The zero-order valence-electron chi connectivity index (χ0n) is 20.1. The first kappa shape index (κ1) is 24.0. The lowest BCUT2D eigenvalue weighted by atomic mass is 9.90. The highest BCUT2D eigenvalue weighted by molar-refractivity contribution is 5.96. The molecule has 1 unspecified atom stereocenters. The molecule has 0 saturated carbocycles. The Morgan fingerprint density at radius 2 is 1.76 bits per heavy atom. The van der Waals surface area contributed by atoms with Crippen molar-refractivity contribution >= 4 is 17.7 Å². The third-order valence-electron chi connectivity index (χ3n) is 6.40. The number of furan rings is 1. The number of rotatable bonds is 5. The van der Waals surface area contributed by atoms with Crippen molar-refractivity contribution in [2.45, 2.75) is 58.3 Å². The van der Waals surface area contributed by atoms with Crippen LogP contribution in [-0.2, 0) is 20.9 Å². The van der Waals surface area contributed by atoms with E-state index >= 15 is 0 Å². The van der Waals surface area contributed by atoms with E-state index in [1.54, 1.807) is 12.1 Å². The summed E-state index contributed by atoms with van der Waals surface area (Å²) in [7, 11) is 0. The molecule has 3 heterocycles. The average molecular weight is 468 g/mol. The van der Waals surface area contributed by atoms with E-state index in [9.17, 15) is 14.4 Å². The maximum Gasteiger partial charge on any atom is 0.292 e. The minimum atomic E-state index is -0.947. The highest BCUT2D eigenvalue weighted by Crippen LogP contribution is 2.39. The Hall–Kier alpha value is -3.13. The van der Waals surface area contributed by atoms with E-state index in [0.717, 1.165) is 5.56 Å². The Kier molecular flexibility index (Phi) is 6.79. The van der Waals surface area contributed by atoms with Gasteiger partial charge in [0.1, 0.15) is 11.8 Å². The van der Waals surface area contributed by atoms with Crippen LogP contribution in [0.1, 0.15) is 56.2 Å². The summed E-state index contributed by atoms with van der Waals surface area (Å²) in [6, 6.07) is 12.1. The number of benzene rings is 1. The van der Waals surface area contributed by atoms with E-state index in [1.165, 1.54) is 11.2 Å². The van der Waals surface area contributed by atoms with Gasteiger partial charge in [-0.2, -0.15) is 0 Å². The fourth-order valence-corrected chi connectivity index (χ4v) is 4.66. The van der Waals surface area contributed by atoms with Crippen LogP contribution in [0.4, 0.5) is 0 Å². The van der Waals surface area contributed by atoms with E-state index in [-0.39, 0.29) is 35.5 Å². The summed E-state index contributed by atoms with van der Waals surface area (Å²) in [5.74, 6) is -0.387. The standard InChI is InChI=1S/C26H33N3O5/c1-25(2,3)16-22(30)28-13-11-26(12-14-28)29(24(32)21-10-7-15-33-21)20(18-34-26)23(31)27-17-19-8-5-4-6-9-19/h4-10,15,20H,11-14,16-18H2,1-3H3,(H,27,31). The average Bonchev–Trinajstić information content (AvgIpc) is 3.46. The largest absolute Gasteiger partial charge is 0.459 e.